The maximum atomic E-state index is 13.1. The van der Waals surface area contributed by atoms with Crippen LogP contribution < -0.4 is 5.32 Å². The zero-order valence-corrected chi connectivity index (χ0v) is 21.1. The summed E-state index contributed by atoms with van der Waals surface area (Å²) in [6.07, 6.45) is 3.55. The van der Waals surface area contributed by atoms with E-state index in [9.17, 15) is 9.59 Å². The Morgan fingerprint density at radius 2 is 1.73 bits per heavy atom. The molecule has 4 aromatic rings. The lowest BCUT2D eigenvalue weighted by Crippen LogP contribution is -2.41. The van der Waals surface area contributed by atoms with E-state index in [1.165, 1.54) is 6.92 Å². The summed E-state index contributed by atoms with van der Waals surface area (Å²) in [5.41, 5.74) is 5.25. The third kappa shape index (κ3) is 5.50. The molecule has 1 saturated heterocycles. The number of aromatic nitrogens is 3. The van der Waals surface area contributed by atoms with E-state index in [1.807, 2.05) is 44.3 Å². The fourth-order valence-corrected chi connectivity index (χ4v) is 4.08. The molecule has 1 aliphatic heterocycles. The molecule has 0 radical (unpaired) electrons. The van der Waals surface area contributed by atoms with Crippen molar-refractivity contribution in [3.63, 3.8) is 0 Å². The summed E-state index contributed by atoms with van der Waals surface area (Å²) in [4.78, 5) is 31.6. The number of fused-ring (bicyclic) bond motifs is 1. The number of nitrogens with one attached hydrogen (secondary N) is 1. The second-order valence-corrected chi connectivity index (χ2v) is 8.17. The molecule has 188 valence electrons. The first-order chi connectivity index (χ1) is 18.0. The number of nitrogens with zero attached hydrogens (tertiary/aromatic N) is 5. The molecule has 9 heteroatoms. The largest absolute Gasteiger partial charge is 0.378 e. The minimum absolute atomic E-state index is 0.147. The zero-order valence-electron chi connectivity index (χ0n) is 21.1. The van der Waals surface area contributed by atoms with Gasteiger partial charge in [-0.3, -0.25) is 9.59 Å². The molecular formula is C28H28N6O3. The standard InChI is InChI=1S/C26H22N6O3.C2H6/c1-17(33)29-24-14-20(6-7-21(24)26(34)31-10-12-35-13-11-31)23-8-9-32-25(30-23)22(16-28-32)19-4-2-18(15-27)3-5-19;1-2/h2-9,14,16H,10-13H2,1H3,(H,29,33);1-2H3. The molecule has 0 aliphatic carbocycles. The molecule has 2 amide bonds. The molecular weight excluding hydrogens is 468 g/mol. The average Bonchev–Trinajstić information content (AvgIpc) is 3.37. The van der Waals surface area contributed by atoms with Crippen LogP contribution in [0, 0.1) is 11.3 Å². The number of carbonyl (C=O) groups is 2. The van der Waals surface area contributed by atoms with Crippen LogP contribution in [-0.2, 0) is 9.53 Å². The fraction of sp³-hybridized carbons (Fsp3) is 0.250. The maximum absolute atomic E-state index is 13.1. The number of anilines is 1. The number of amides is 2. The third-order valence-corrected chi connectivity index (χ3v) is 5.85. The number of carbonyl (C=O) groups excluding carboxylic acids is 2. The van der Waals surface area contributed by atoms with Crippen LogP contribution in [0.25, 0.3) is 28.0 Å². The molecule has 5 rings (SSSR count). The van der Waals surface area contributed by atoms with Crippen LogP contribution in [0.4, 0.5) is 5.69 Å². The number of hydrogen-bond acceptors (Lipinski definition) is 6. The molecule has 3 heterocycles. The number of benzene rings is 2. The van der Waals surface area contributed by atoms with Gasteiger partial charge < -0.3 is 15.0 Å². The lowest BCUT2D eigenvalue weighted by atomic mass is 10.0. The van der Waals surface area contributed by atoms with E-state index in [0.29, 0.717) is 54.5 Å². The van der Waals surface area contributed by atoms with E-state index in [0.717, 1.165) is 16.7 Å². The van der Waals surface area contributed by atoms with Gasteiger partial charge in [0.25, 0.3) is 5.91 Å². The molecule has 1 fully saturated rings. The Morgan fingerprint density at radius 1 is 1.03 bits per heavy atom. The van der Waals surface area contributed by atoms with E-state index in [1.54, 1.807) is 39.9 Å². The number of rotatable bonds is 4. The Bertz CT molecular complexity index is 1460. The third-order valence-electron chi connectivity index (χ3n) is 5.85. The van der Waals surface area contributed by atoms with Gasteiger partial charge in [0.1, 0.15) is 0 Å². The van der Waals surface area contributed by atoms with Gasteiger partial charge in [-0.2, -0.15) is 10.4 Å². The van der Waals surface area contributed by atoms with Crippen LogP contribution in [-0.4, -0.2) is 57.6 Å². The molecule has 1 aliphatic rings. The molecule has 2 aromatic carbocycles. The summed E-state index contributed by atoms with van der Waals surface area (Å²) in [6, 6.07) is 16.5. The van der Waals surface area contributed by atoms with E-state index < -0.39 is 0 Å². The molecule has 0 spiro atoms. The van der Waals surface area contributed by atoms with Gasteiger partial charge in [-0.15, -0.1) is 0 Å². The summed E-state index contributed by atoms with van der Waals surface area (Å²) < 4.78 is 7.03. The van der Waals surface area contributed by atoms with Crippen LogP contribution in [0.1, 0.15) is 36.7 Å². The summed E-state index contributed by atoms with van der Waals surface area (Å²) in [7, 11) is 0. The molecule has 2 aromatic heterocycles. The molecule has 1 N–H and O–H groups in total. The van der Waals surface area contributed by atoms with Crippen molar-refractivity contribution in [3.8, 4) is 28.5 Å². The van der Waals surface area contributed by atoms with E-state index in [2.05, 4.69) is 16.5 Å². The van der Waals surface area contributed by atoms with Gasteiger partial charge in [0.05, 0.1) is 48.0 Å². The Balaban J connectivity index is 0.00000156. The number of ether oxygens (including phenoxy) is 1. The second-order valence-electron chi connectivity index (χ2n) is 8.17. The topological polar surface area (TPSA) is 113 Å². The SMILES string of the molecule is CC.CC(=O)Nc1cc(-c2ccn3ncc(-c4ccc(C#N)cc4)c3n2)ccc1C(=O)N1CCOCC1. The van der Waals surface area contributed by atoms with E-state index in [-0.39, 0.29) is 11.8 Å². The summed E-state index contributed by atoms with van der Waals surface area (Å²) in [5, 5.41) is 16.2. The normalized spacial score (nSPS) is 12.9. The highest BCUT2D eigenvalue weighted by Gasteiger charge is 2.22. The highest BCUT2D eigenvalue weighted by Crippen LogP contribution is 2.29. The van der Waals surface area contributed by atoms with Gasteiger partial charge in [-0.25, -0.2) is 9.50 Å². The first-order valence-corrected chi connectivity index (χ1v) is 12.2. The first kappa shape index (κ1) is 25.5. The minimum Gasteiger partial charge on any atom is -0.378 e. The van der Waals surface area contributed by atoms with Crippen LogP contribution in [0.3, 0.4) is 0 Å². The van der Waals surface area contributed by atoms with Gasteiger partial charge in [-0.1, -0.05) is 32.0 Å². The maximum Gasteiger partial charge on any atom is 0.256 e. The predicted octanol–water partition coefficient (Wildman–Crippen LogP) is 4.39. The van der Waals surface area contributed by atoms with E-state index in [4.69, 9.17) is 15.0 Å². The lowest BCUT2D eigenvalue weighted by Gasteiger charge is -2.27. The van der Waals surface area contributed by atoms with Crippen molar-refractivity contribution in [1.82, 2.24) is 19.5 Å². The number of morpholine rings is 1. The fourth-order valence-electron chi connectivity index (χ4n) is 4.08. The van der Waals surface area contributed by atoms with Crippen LogP contribution in [0.2, 0.25) is 0 Å². The highest BCUT2D eigenvalue weighted by molar-refractivity contribution is 6.04. The van der Waals surface area contributed by atoms with Crippen LogP contribution >= 0.6 is 0 Å². The van der Waals surface area contributed by atoms with Crippen molar-refractivity contribution >= 4 is 23.1 Å². The predicted molar refractivity (Wildman–Crippen MR) is 141 cm³/mol. The Kier molecular flexibility index (Phi) is 7.91. The van der Waals surface area contributed by atoms with Crippen molar-refractivity contribution in [3.05, 3.63) is 72.1 Å². The van der Waals surface area contributed by atoms with Crippen molar-refractivity contribution < 1.29 is 14.3 Å². The van der Waals surface area contributed by atoms with E-state index >= 15 is 0 Å². The molecule has 0 unspecified atom stereocenters. The highest BCUT2D eigenvalue weighted by atomic mass is 16.5. The van der Waals surface area contributed by atoms with Crippen molar-refractivity contribution in [2.24, 2.45) is 0 Å². The number of hydrogen-bond donors (Lipinski definition) is 1. The molecule has 0 atom stereocenters. The molecule has 0 saturated carbocycles. The summed E-state index contributed by atoms with van der Waals surface area (Å²) >= 11 is 0. The van der Waals surface area contributed by atoms with Crippen LogP contribution in [0.15, 0.2) is 60.9 Å². The van der Waals surface area contributed by atoms with Gasteiger partial charge in [-0.05, 0) is 35.9 Å². The van der Waals surface area contributed by atoms with Crippen molar-refractivity contribution in [2.45, 2.75) is 20.8 Å². The Hall–Kier alpha value is -4.55. The van der Waals surface area contributed by atoms with Gasteiger partial charge in [0.2, 0.25) is 5.91 Å². The molecule has 37 heavy (non-hydrogen) atoms. The first-order valence-electron chi connectivity index (χ1n) is 12.2. The van der Waals surface area contributed by atoms with Gasteiger partial charge >= 0.3 is 0 Å². The summed E-state index contributed by atoms with van der Waals surface area (Å²) in [6.45, 7) is 7.43. The van der Waals surface area contributed by atoms with Gasteiger partial charge in [0.15, 0.2) is 5.65 Å². The zero-order chi connectivity index (χ0) is 26.4. The minimum atomic E-state index is -0.263. The summed E-state index contributed by atoms with van der Waals surface area (Å²) in [5.74, 6) is -0.411. The van der Waals surface area contributed by atoms with Crippen molar-refractivity contribution in [1.29, 1.82) is 5.26 Å². The van der Waals surface area contributed by atoms with Gasteiger partial charge in [0, 0.05) is 37.3 Å². The number of nitriles is 1. The smallest absolute Gasteiger partial charge is 0.256 e. The molecule has 9 nitrogen and oxygen atoms in total. The van der Waals surface area contributed by atoms with Crippen molar-refractivity contribution in [2.75, 3.05) is 31.6 Å². The Morgan fingerprint density at radius 3 is 2.41 bits per heavy atom. The molecule has 0 bridgehead atoms. The van der Waals surface area contributed by atoms with Crippen LogP contribution in [0.5, 0.6) is 0 Å². The monoisotopic (exact) mass is 496 g/mol. The Labute approximate surface area is 215 Å². The average molecular weight is 497 g/mol. The lowest BCUT2D eigenvalue weighted by molar-refractivity contribution is -0.114. The second kappa shape index (κ2) is 11.5. The quantitative estimate of drug-likeness (QED) is 0.448.